The van der Waals surface area contributed by atoms with E-state index in [0.29, 0.717) is 5.41 Å². The first kappa shape index (κ1) is 15.1. The number of aromatic nitrogens is 1. The van der Waals surface area contributed by atoms with Gasteiger partial charge >= 0.3 is 0 Å². The highest BCUT2D eigenvalue weighted by molar-refractivity contribution is 7.89. The van der Waals surface area contributed by atoms with E-state index < -0.39 is 10.0 Å². The molecule has 0 atom stereocenters. The number of pyridine rings is 1. The number of primary sulfonamides is 1. The molecule has 2 aliphatic carbocycles. The van der Waals surface area contributed by atoms with E-state index >= 15 is 0 Å². The minimum absolute atomic E-state index is 0.0644. The first-order chi connectivity index (χ1) is 10.9. The van der Waals surface area contributed by atoms with E-state index in [4.69, 9.17) is 5.14 Å². The Bertz CT molecular complexity index is 904. The molecule has 6 heteroatoms. The topological polar surface area (TPSA) is 73.1 Å². The number of thiophene rings is 1. The van der Waals surface area contributed by atoms with Crippen LogP contribution in [0.4, 0.5) is 0 Å². The summed E-state index contributed by atoms with van der Waals surface area (Å²) in [4.78, 5) is 5.77. The number of rotatable bonds is 3. The summed E-state index contributed by atoms with van der Waals surface area (Å²) in [7, 11) is -3.69. The van der Waals surface area contributed by atoms with Crippen LogP contribution in [0.3, 0.4) is 0 Å². The highest BCUT2D eigenvalue weighted by Crippen LogP contribution is 2.63. The van der Waals surface area contributed by atoms with E-state index in [0.717, 1.165) is 18.5 Å². The van der Waals surface area contributed by atoms with Crippen LogP contribution in [0.2, 0.25) is 0 Å². The van der Waals surface area contributed by atoms with Gasteiger partial charge in [-0.25, -0.2) is 13.6 Å². The van der Waals surface area contributed by atoms with Crippen molar-refractivity contribution in [3.63, 3.8) is 0 Å². The van der Waals surface area contributed by atoms with Gasteiger partial charge in [0.15, 0.2) is 0 Å². The first-order valence-electron chi connectivity index (χ1n) is 7.63. The summed E-state index contributed by atoms with van der Waals surface area (Å²) in [6.07, 6.45) is 6.08. The molecule has 120 valence electrons. The molecule has 4 rings (SSSR count). The minimum atomic E-state index is -3.69. The molecular weight excluding hydrogens is 328 g/mol. The van der Waals surface area contributed by atoms with Crippen LogP contribution in [0.5, 0.6) is 0 Å². The lowest BCUT2D eigenvalue weighted by atomic mass is 10.0. The Kier molecular flexibility index (Phi) is 3.27. The third-order valence-corrected chi connectivity index (χ3v) is 6.83. The van der Waals surface area contributed by atoms with Gasteiger partial charge < -0.3 is 0 Å². The van der Waals surface area contributed by atoms with E-state index in [1.54, 1.807) is 23.5 Å². The van der Waals surface area contributed by atoms with Gasteiger partial charge in [0.25, 0.3) is 0 Å². The number of sulfonamides is 1. The lowest BCUT2D eigenvalue weighted by Crippen LogP contribution is -2.12. The standard InChI is InChI=1S/C17H18N2O2S2/c1-11-6-16(22-10-11)14-8-17(4-5-17)7-13(14)15-3-2-12(9-19-15)23(18,20)21/h2-3,6,9-10H,4-5,7-8H2,1H3,(H2,18,20,21). The van der Waals surface area contributed by atoms with Crippen LogP contribution in [0, 0.1) is 12.3 Å². The number of nitrogens with zero attached hydrogens (tertiary/aromatic N) is 1. The predicted octanol–water partition coefficient (Wildman–Crippen LogP) is 3.58. The van der Waals surface area contributed by atoms with Crippen molar-refractivity contribution < 1.29 is 8.42 Å². The molecule has 2 aliphatic rings. The molecule has 0 radical (unpaired) electrons. The summed E-state index contributed by atoms with van der Waals surface area (Å²) in [6, 6.07) is 5.58. The molecule has 2 aromatic rings. The van der Waals surface area contributed by atoms with Gasteiger partial charge in [0.05, 0.1) is 5.69 Å². The summed E-state index contributed by atoms with van der Waals surface area (Å²) < 4.78 is 22.8. The zero-order chi connectivity index (χ0) is 16.2. The van der Waals surface area contributed by atoms with Gasteiger partial charge in [-0.1, -0.05) is 0 Å². The maximum absolute atomic E-state index is 11.4. The van der Waals surface area contributed by atoms with Crippen molar-refractivity contribution in [1.82, 2.24) is 4.98 Å². The summed E-state index contributed by atoms with van der Waals surface area (Å²) in [6.45, 7) is 2.11. The van der Waals surface area contributed by atoms with Crippen molar-refractivity contribution in [3.05, 3.63) is 45.9 Å². The Hall–Kier alpha value is -1.50. The smallest absolute Gasteiger partial charge is 0.239 e. The molecule has 2 N–H and O–H groups in total. The quantitative estimate of drug-likeness (QED) is 0.923. The second-order valence-corrected chi connectivity index (χ2v) is 9.20. The Labute approximate surface area is 140 Å². The Morgan fingerprint density at radius 1 is 1.22 bits per heavy atom. The number of nitrogens with two attached hydrogens (primary N) is 1. The third-order valence-electron chi connectivity index (χ3n) is 4.83. The Balaban J connectivity index is 1.77. The molecule has 4 nitrogen and oxygen atoms in total. The van der Waals surface area contributed by atoms with Crippen LogP contribution in [-0.4, -0.2) is 13.4 Å². The zero-order valence-electron chi connectivity index (χ0n) is 12.9. The fraction of sp³-hybridized carbons (Fsp3) is 0.353. The van der Waals surface area contributed by atoms with Crippen molar-refractivity contribution in [1.29, 1.82) is 0 Å². The molecule has 23 heavy (non-hydrogen) atoms. The van der Waals surface area contributed by atoms with E-state index in [2.05, 4.69) is 23.4 Å². The third kappa shape index (κ3) is 2.75. The van der Waals surface area contributed by atoms with Crippen molar-refractivity contribution in [2.45, 2.75) is 37.5 Å². The highest BCUT2D eigenvalue weighted by atomic mass is 32.2. The van der Waals surface area contributed by atoms with Gasteiger partial charge in [-0.05, 0) is 78.3 Å². The monoisotopic (exact) mass is 346 g/mol. The molecular formula is C17H18N2O2S2. The van der Waals surface area contributed by atoms with Crippen molar-refractivity contribution in [2.75, 3.05) is 0 Å². The predicted molar refractivity (Wildman–Crippen MR) is 92.4 cm³/mol. The second kappa shape index (κ2) is 5.00. The van der Waals surface area contributed by atoms with Crippen molar-refractivity contribution in [2.24, 2.45) is 10.6 Å². The van der Waals surface area contributed by atoms with E-state index in [-0.39, 0.29) is 4.90 Å². The van der Waals surface area contributed by atoms with Crippen molar-refractivity contribution >= 4 is 32.5 Å². The Morgan fingerprint density at radius 2 is 1.96 bits per heavy atom. The lowest BCUT2D eigenvalue weighted by molar-refractivity contribution is 0.568. The average molecular weight is 346 g/mol. The Morgan fingerprint density at radius 3 is 2.48 bits per heavy atom. The van der Waals surface area contributed by atoms with E-state index in [1.165, 1.54) is 40.6 Å². The van der Waals surface area contributed by atoms with Gasteiger partial charge in [-0.2, -0.15) is 0 Å². The molecule has 1 spiro atoms. The molecule has 0 bridgehead atoms. The number of allylic oxidation sites excluding steroid dienone is 2. The summed E-state index contributed by atoms with van der Waals surface area (Å²) in [5.74, 6) is 0. The fourth-order valence-electron chi connectivity index (χ4n) is 3.35. The molecule has 0 unspecified atom stereocenters. The summed E-state index contributed by atoms with van der Waals surface area (Å²) >= 11 is 1.78. The van der Waals surface area contributed by atoms with Crippen molar-refractivity contribution in [3.8, 4) is 0 Å². The van der Waals surface area contributed by atoms with Gasteiger partial charge in [0.1, 0.15) is 4.90 Å². The lowest BCUT2D eigenvalue weighted by Gasteiger charge is -2.06. The first-order valence-corrected chi connectivity index (χ1v) is 10.1. The van der Waals surface area contributed by atoms with Crippen LogP contribution < -0.4 is 5.14 Å². The minimum Gasteiger partial charge on any atom is -0.255 e. The van der Waals surface area contributed by atoms with E-state index in [1.807, 2.05) is 0 Å². The number of hydrogen-bond acceptors (Lipinski definition) is 4. The molecule has 0 amide bonds. The van der Waals surface area contributed by atoms with Gasteiger partial charge in [-0.3, -0.25) is 4.98 Å². The van der Waals surface area contributed by atoms with Gasteiger partial charge in [0.2, 0.25) is 10.0 Å². The van der Waals surface area contributed by atoms with Crippen LogP contribution in [-0.2, 0) is 10.0 Å². The van der Waals surface area contributed by atoms with Crippen LogP contribution in [0.15, 0.2) is 34.7 Å². The van der Waals surface area contributed by atoms with Gasteiger partial charge in [-0.15, -0.1) is 11.3 Å². The molecule has 1 saturated carbocycles. The molecule has 2 heterocycles. The van der Waals surface area contributed by atoms with Crippen LogP contribution in [0.1, 0.15) is 41.8 Å². The fourth-order valence-corrected chi connectivity index (χ4v) is 4.78. The van der Waals surface area contributed by atoms with E-state index in [9.17, 15) is 8.42 Å². The number of aryl methyl sites for hydroxylation is 1. The average Bonchev–Trinajstić information content (AvgIpc) is 2.93. The molecule has 1 fully saturated rings. The zero-order valence-corrected chi connectivity index (χ0v) is 14.5. The van der Waals surface area contributed by atoms with Gasteiger partial charge in [0, 0.05) is 11.1 Å². The largest absolute Gasteiger partial charge is 0.255 e. The number of hydrogen-bond donors (Lipinski definition) is 1. The SMILES string of the molecule is Cc1csc(C2=C(c3ccc(S(N)(=O)=O)cn3)CC3(CC3)C2)c1. The second-order valence-electron chi connectivity index (χ2n) is 6.72. The summed E-state index contributed by atoms with van der Waals surface area (Å²) in [5.41, 5.74) is 5.25. The summed E-state index contributed by atoms with van der Waals surface area (Å²) in [5, 5.41) is 7.33. The molecule has 0 saturated heterocycles. The maximum Gasteiger partial charge on any atom is 0.239 e. The maximum atomic E-state index is 11.4. The highest BCUT2D eigenvalue weighted by Gasteiger charge is 2.48. The van der Waals surface area contributed by atoms with Crippen LogP contribution >= 0.6 is 11.3 Å². The van der Waals surface area contributed by atoms with Crippen LogP contribution in [0.25, 0.3) is 11.1 Å². The molecule has 0 aliphatic heterocycles. The normalized spacial score (nSPS) is 19.6. The molecule has 0 aromatic carbocycles. The molecule has 2 aromatic heterocycles.